The molecule has 0 radical (unpaired) electrons. The Morgan fingerprint density at radius 3 is 2.73 bits per heavy atom. The number of hydrogen-bond acceptors (Lipinski definition) is 6. The molecule has 1 amide bonds. The molecule has 5 rings (SSSR count). The van der Waals surface area contributed by atoms with Crippen LogP contribution >= 0.6 is 0 Å². The van der Waals surface area contributed by atoms with E-state index in [9.17, 15) is 18.5 Å². The highest BCUT2D eigenvalue weighted by atomic mass is 32.2. The van der Waals surface area contributed by atoms with Crippen LogP contribution in [0.3, 0.4) is 0 Å². The van der Waals surface area contributed by atoms with Gasteiger partial charge in [-0.1, -0.05) is 37.3 Å². The maximum absolute atomic E-state index is 13.5. The normalized spacial score (nSPS) is 16.4. The number of furan rings is 1. The minimum absolute atomic E-state index is 0.119. The molecule has 1 unspecified atom stereocenters. The summed E-state index contributed by atoms with van der Waals surface area (Å²) in [6, 6.07) is 21.5. The topological polar surface area (TPSA) is 121 Å². The quantitative estimate of drug-likeness (QED) is 0.247. The van der Waals surface area contributed by atoms with Crippen LogP contribution in [-0.4, -0.2) is 41.5 Å². The average Bonchev–Trinajstić information content (AvgIpc) is 3.65. The number of nitriles is 1. The van der Waals surface area contributed by atoms with Crippen LogP contribution < -0.4 is 5.32 Å². The number of hydrogen-bond donors (Lipinski definition) is 1. The molecule has 0 aliphatic carbocycles. The summed E-state index contributed by atoms with van der Waals surface area (Å²) in [5.74, 6) is 0.297. The highest BCUT2D eigenvalue weighted by molar-refractivity contribution is 7.89. The molecule has 1 aliphatic heterocycles. The fourth-order valence-corrected chi connectivity index (χ4v) is 6.37. The minimum atomic E-state index is -3.70. The van der Waals surface area contributed by atoms with Crippen molar-refractivity contribution in [1.82, 2.24) is 19.4 Å². The molecule has 0 saturated carbocycles. The second-order valence-electron chi connectivity index (χ2n) is 9.78. The van der Waals surface area contributed by atoms with Gasteiger partial charge >= 0.3 is 0 Å². The minimum Gasteiger partial charge on any atom is -0.467 e. The predicted octanol–water partition coefficient (Wildman–Crippen LogP) is 4.78. The van der Waals surface area contributed by atoms with Crippen LogP contribution in [0, 0.1) is 17.2 Å². The number of nitrogens with one attached hydrogen (secondary N) is 1. The largest absolute Gasteiger partial charge is 0.467 e. The van der Waals surface area contributed by atoms with Gasteiger partial charge < -0.3 is 9.73 Å². The number of rotatable bonds is 8. The SMILES string of the molecule is CC1CCCN(S(=O)(=O)c2cccc(-c3nn(-c4ccccc4)cc3C=C(C#N)C(=O)NCc3ccco3)c2)C1. The van der Waals surface area contributed by atoms with Crippen molar-refractivity contribution >= 4 is 22.0 Å². The zero-order valence-corrected chi connectivity index (χ0v) is 22.8. The molecule has 3 heterocycles. The van der Waals surface area contributed by atoms with Crippen molar-refractivity contribution in [3.8, 4) is 23.0 Å². The van der Waals surface area contributed by atoms with E-state index in [1.807, 2.05) is 36.4 Å². The van der Waals surface area contributed by atoms with Gasteiger partial charge in [0.25, 0.3) is 5.91 Å². The molecule has 204 valence electrons. The zero-order valence-electron chi connectivity index (χ0n) is 22.0. The smallest absolute Gasteiger partial charge is 0.262 e. The number of para-hydroxylation sites is 1. The summed E-state index contributed by atoms with van der Waals surface area (Å²) in [6.45, 7) is 3.18. The molecule has 1 aliphatic rings. The molecule has 1 fully saturated rings. The second kappa shape index (κ2) is 11.7. The Labute approximate surface area is 233 Å². The number of aromatic nitrogens is 2. The summed E-state index contributed by atoms with van der Waals surface area (Å²) < 4.78 is 35.4. The number of sulfonamides is 1. The average molecular weight is 556 g/mol. The van der Waals surface area contributed by atoms with E-state index in [0.29, 0.717) is 41.6 Å². The molecule has 9 nitrogen and oxygen atoms in total. The van der Waals surface area contributed by atoms with Crippen molar-refractivity contribution in [2.45, 2.75) is 31.2 Å². The first kappa shape index (κ1) is 27.1. The van der Waals surface area contributed by atoms with Gasteiger partial charge in [0.15, 0.2) is 0 Å². The van der Waals surface area contributed by atoms with Gasteiger partial charge in [-0.05, 0) is 61.2 Å². The molecular weight excluding hydrogens is 526 g/mol. The highest BCUT2D eigenvalue weighted by Crippen LogP contribution is 2.30. The lowest BCUT2D eigenvalue weighted by atomic mass is 10.0. The number of amides is 1. The fourth-order valence-electron chi connectivity index (χ4n) is 4.73. The van der Waals surface area contributed by atoms with E-state index in [2.05, 4.69) is 12.2 Å². The molecule has 0 spiro atoms. The summed E-state index contributed by atoms with van der Waals surface area (Å²) in [4.78, 5) is 13.0. The van der Waals surface area contributed by atoms with Crippen LogP contribution in [0.25, 0.3) is 23.0 Å². The third-order valence-corrected chi connectivity index (χ3v) is 8.66. The highest BCUT2D eigenvalue weighted by Gasteiger charge is 2.29. The zero-order chi connectivity index (χ0) is 28.1. The first-order chi connectivity index (χ1) is 19.3. The maximum Gasteiger partial charge on any atom is 0.262 e. The van der Waals surface area contributed by atoms with E-state index in [-0.39, 0.29) is 17.0 Å². The van der Waals surface area contributed by atoms with Crippen LogP contribution in [0.5, 0.6) is 0 Å². The Morgan fingerprint density at radius 2 is 2.00 bits per heavy atom. The van der Waals surface area contributed by atoms with Gasteiger partial charge in [-0.15, -0.1) is 0 Å². The van der Waals surface area contributed by atoms with Gasteiger partial charge in [0.2, 0.25) is 10.0 Å². The monoisotopic (exact) mass is 555 g/mol. The summed E-state index contributed by atoms with van der Waals surface area (Å²) in [5, 5.41) is 17.2. The number of carbonyl (C=O) groups excluding carboxylic acids is 1. The van der Waals surface area contributed by atoms with Gasteiger partial charge in [0.1, 0.15) is 23.1 Å². The van der Waals surface area contributed by atoms with Gasteiger partial charge in [0, 0.05) is 30.4 Å². The Hall–Kier alpha value is -4.46. The van der Waals surface area contributed by atoms with Crippen molar-refractivity contribution in [2.75, 3.05) is 13.1 Å². The number of benzene rings is 2. The molecule has 1 saturated heterocycles. The standard InChI is InChI=1S/C30H29N5O4S/c1-22-8-6-14-34(20-22)40(37,38)28-13-5-9-23(17-28)29-25(21-35(33-29)26-10-3-2-4-11-26)16-24(18-31)30(36)32-19-27-12-7-15-39-27/h2-5,7,9-13,15-17,21-22H,6,8,14,19-20H2,1H3,(H,32,36). The Balaban J connectivity index is 1.53. The van der Waals surface area contributed by atoms with Gasteiger partial charge in [0.05, 0.1) is 23.4 Å². The first-order valence-corrected chi connectivity index (χ1v) is 14.5. The summed E-state index contributed by atoms with van der Waals surface area (Å²) >= 11 is 0. The molecule has 0 bridgehead atoms. The first-order valence-electron chi connectivity index (χ1n) is 13.0. The van der Waals surface area contributed by atoms with E-state index in [0.717, 1.165) is 18.5 Å². The van der Waals surface area contributed by atoms with Crippen LogP contribution in [0.15, 0.2) is 94.1 Å². The molecule has 1 N–H and O–H groups in total. The summed E-state index contributed by atoms with van der Waals surface area (Å²) in [6.07, 6.45) is 6.53. The van der Waals surface area contributed by atoms with Crippen molar-refractivity contribution in [2.24, 2.45) is 5.92 Å². The van der Waals surface area contributed by atoms with Crippen molar-refractivity contribution in [3.63, 3.8) is 0 Å². The Morgan fingerprint density at radius 1 is 1.18 bits per heavy atom. The molecule has 10 heteroatoms. The lowest BCUT2D eigenvalue weighted by molar-refractivity contribution is -0.117. The lowest BCUT2D eigenvalue weighted by Gasteiger charge is -2.30. The number of carbonyl (C=O) groups is 1. The van der Waals surface area contributed by atoms with E-state index < -0.39 is 15.9 Å². The van der Waals surface area contributed by atoms with Crippen molar-refractivity contribution in [3.05, 3.63) is 96.1 Å². The third-order valence-electron chi connectivity index (χ3n) is 6.80. The predicted molar refractivity (Wildman–Crippen MR) is 150 cm³/mol. The van der Waals surface area contributed by atoms with Gasteiger partial charge in [-0.25, -0.2) is 13.1 Å². The van der Waals surface area contributed by atoms with E-state index >= 15 is 0 Å². The van der Waals surface area contributed by atoms with Crippen molar-refractivity contribution < 1.29 is 17.6 Å². The number of piperidine rings is 1. The third kappa shape index (κ3) is 5.91. The van der Waals surface area contributed by atoms with Crippen LogP contribution in [0.4, 0.5) is 0 Å². The fraction of sp³-hybridized carbons (Fsp3) is 0.233. The molecule has 2 aromatic heterocycles. The molecular formula is C30H29N5O4S. The van der Waals surface area contributed by atoms with E-state index in [1.165, 1.54) is 12.3 Å². The van der Waals surface area contributed by atoms with Crippen LogP contribution in [-0.2, 0) is 21.4 Å². The summed E-state index contributed by atoms with van der Waals surface area (Å²) in [5.41, 5.74) is 2.15. The van der Waals surface area contributed by atoms with Crippen LogP contribution in [0.1, 0.15) is 31.1 Å². The van der Waals surface area contributed by atoms with Gasteiger partial charge in [-0.2, -0.15) is 14.7 Å². The number of nitrogens with zero attached hydrogens (tertiary/aromatic N) is 4. The summed E-state index contributed by atoms with van der Waals surface area (Å²) in [7, 11) is -3.70. The van der Waals surface area contributed by atoms with E-state index in [1.54, 1.807) is 51.6 Å². The maximum atomic E-state index is 13.5. The molecule has 2 aromatic carbocycles. The molecule has 40 heavy (non-hydrogen) atoms. The second-order valence-corrected chi connectivity index (χ2v) is 11.7. The van der Waals surface area contributed by atoms with Gasteiger partial charge in [-0.3, -0.25) is 4.79 Å². The Bertz CT molecular complexity index is 1670. The van der Waals surface area contributed by atoms with E-state index in [4.69, 9.17) is 9.52 Å². The van der Waals surface area contributed by atoms with Crippen molar-refractivity contribution in [1.29, 1.82) is 5.26 Å². The molecule has 4 aromatic rings. The Kier molecular flexibility index (Phi) is 7.96. The molecule has 1 atom stereocenters. The van der Waals surface area contributed by atoms with Crippen LogP contribution in [0.2, 0.25) is 0 Å². The lowest BCUT2D eigenvalue weighted by Crippen LogP contribution is -2.39.